The fourth-order valence-corrected chi connectivity index (χ4v) is 1.48. The van der Waals surface area contributed by atoms with Crippen molar-refractivity contribution in [2.45, 2.75) is 6.92 Å². The summed E-state index contributed by atoms with van der Waals surface area (Å²) in [5.41, 5.74) is 0.797. The predicted octanol–water partition coefficient (Wildman–Crippen LogP) is 1.63. The first-order chi connectivity index (χ1) is 8.13. The lowest BCUT2D eigenvalue weighted by molar-refractivity contribution is 0.0526. The van der Waals surface area contributed by atoms with Crippen molar-refractivity contribution in [3.05, 3.63) is 35.8 Å². The minimum Gasteiger partial charge on any atom is -0.477 e. The van der Waals surface area contributed by atoms with Gasteiger partial charge in [0.1, 0.15) is 5.65 Å². The van der Waals surface area contributed by atoms with Gasteiger partial charge in [0.05, 0.1) is 18.4 Å². The van der Waals surface area contributed by atoms with Crippen molar-refractivity contribution in [2.75, 3.05) is 6.61 Å². The van der Waals surface area contributed by atoms with E-state index in [4.69, 9.17) is 9.84 Å². The van der Waals surface area contributed by atoms with Crippen molar-refractivity contribution in [2.24, 2.45) is 0 Å². The highest BCUT2D eigenvalue weighted by Gasteiger charge is 2.13. The fourth-order valence-electron chi connectivity index (χ4n) is 1.48. The van der Waals surface area contributed by atoms with E-state index in [1.54, 1.807) is 6.92 Å². The number of esters is 1. The molecule has 2 aromatic rings. The number of nitrogens with zero attached hydrogens (tertiary/aromatic N) is 2. The van der Waals surface area contributed by atoms with Gasteiger partial charge in [-0.2, -0.15) is 0 Å². The molecule has 2 rings (SSSR count). The first-order valence-corrected chi connectivity index (χ1v) is 5.01. The molecule has 18 heavy (non-hydrogen) atoms. The standard InChI is InChI=1S/C11H10N2O4.ClH/c1-2-17-11(16)7-3-4-13-8(10(14)15)6-12-9(13)5-7;/h3-6H,2H2,1H3,(H,14,15);1H. The summed E-state index contributed by atoms with van der Waals surface area (Å²) in [4.78, 5) is 26.2. The molecule has 2 aromatic heterocycles. The maximum Gasteiger partial charge on any atom is 0.354 e. The molecule has 0 unspecified atom stereocenters. The molecule has 2 heterocycles. The van der Waals surface area contributed by atoms with Crippen LogP contribution in [-0.2, 0) is 4.74 Å². The maximum atomic E-state index is 11.5. The van der Waals surface area contributed by atoms with Crippen LogP contribution in [0.4, 0.5) is 0 Å². The number of ether oxygens (including phenoxy) is 1. The Kier molecular flexibility index (Phi) is 4.28. The average Bonchev–Trinajstić information content (AvgIpc) is 2.71. The molecule has 0 radical (unpaired) electrons. The number of rotatable bonds is 3. The minimum atomic E-state index is -1.07. The topological polar surface area (TPSA) is 80.9 Å². The molecule has 0 bridgehead atoms. The van der Waals surface area contributed by atoms with Crippen molar-refractivity contribution >= 4 is 30.0 Å². The zero-order valence-corrected chi connectivity index (χ0v) is 10.3. The predicted molar refractivity (Wildman–Crippen MR) is 65.4 cm³/mol. The van der Waals surface area contributed by atoms with E-state index in [1.807, 2.05) is 0 Å². The lowest BCUT2D eigenvalue weighted by atomic mass is 10.2. The summed E-state index contributed by atoms with van der Waals surface area (Å²) in [6.07, 6.45) is 2.73. The number of carboxylic acids is 1. The molecular weight excluding hydrogens is 260 g/mol. The van der Waals surface area contributed by atoms with E-state index in [0.29, 0.717) is 17.8 Å². The zero-order chi connectivity index (χ0) is 12.4. The zero-order valence-electron chi connectivity index (χ0n) is 9.49. The second kappa shape index (κ2) is 5.50. The lowest BCUT2D eigenvalue weighted by Gasteiger charge is -2.02. The molecule has 0 amide bonds. The molecule has 0 aliphatic rings. The van der Waals surface area contributed by atoms with Crippen LogP contribution < -0.4 is 0 Å². The van der Waals surface area contributed by atoms with Gasteiger partial charge in [0, 0.05) is 6.20 Å². The second-order valence-electron chi connectivity index (χ2n) is 3.31. The molecule has 0 spiro atoms. The minimum absolute atomic E-state index is 0. The van der Waals surface area contributed by atoms with Gasteiger partial charge in [-0.05, 0) is 19.1 Å². The fraction of sp³-hybridized carbons (Fsp3) is 0.182. The number of carbonyl (C=O) groups is 2. The molecule has 6 nitrogen and oxygen atoms in total. The molecule has 1 N–H and O–H groups in total. The van der Waals surface area contributed by atoms with Crippen molar-refractivity contribution in [1.82, 2.24) is 9.38 Å². The molecule has 0 aromatic carbocycles. The number of carbonyl (C=O) groups excluding carboxylic acids is 1. The number of hydrogen-bond donors (Lipinski definition) is 1. The Hall–Kier alpha value is -2.08. The highest BCUT2D eigenvalue weighted by molar-refractivity contribution is 5.91. The van der Waals surface area contributed by atoms with Crippen molar-refractivity contribution in [3.8, 4) is 0 Å². The highest BCUT2D eigenvalue weighted by Crippen LogP contribution is 2.10. The van der Waals surface area contributed by atoms with Crippen LogP contribution in [0.5, 0.6) is 0 Å². The Balaban J connectivity index is 0.00000162. The van der Waals surface area contributed by atoms with Crippen LogP contribution in [0.3, 0.4) is 0 Å². The van der Waals surface area contributed by atoms with Gasteiger partial charge in [-0.3, -0.25) is 4.40 Å². The summed E-state index contributed by atoms with van der Waals surface area (Å²) < 4.78 is 6.23. The van der Waals surface area contributed by atoms with Gasteiger partial charge in [0.2, 0.25) is 0 Å². The van der Waals surface area contributed by atoms with Gasteiger partial charge in [0.25, 0.3) is 0 Å². The van der Waals surface area contributed by atoms with E-state index in [9.17, 15) is 9.59 Å². The van der Waals surface area contributed by atoms with Crippen molar-refractivity contribution in [3.63, 3.8) is 0 Å². The summed E-state index contributed by atoms with van der Waals surface area (Å²) in [7, 11) is 0. The third-order valence-electron chi connectivity index (χ3n) is 2.24. The van der Waals surface area contributed by atoms with Crippen LogP contribution in [0.25, 0.3) is 5.65 Å². The number of aromatic carboxylic acids is 1. The first kappa shape index (κ1) is 14.0. The van der Waals surface area contributed by atoms with Gasteiger partial charge in [-0.1, -0.05) is 0 Å². The van der Waals surface area contributed by atoms with Gasteiger partial charge in [-0.25, -0.2) is 14.6 Å². The first-order valence-electron chi connectivity index (χ1n) is 5.01. The van der Waals surface area contributed by atoms with Gasteiger partial charge in [-0.15, -0.1) is 12.4 Å². The molecule has 0 atom stereocenters. The van der Waals surface area contributed by atoms with E-state index in [2.05, 4.69) is 4.98 Å². The van der Waals surface area contributed by atoms with Crippen LogP contribution >= 0.6 is 12.4 Å². The molecular formula is C11H11ClN2O4. The number of halogens is 1. The molecule has 7 heteroatoms. The van der Waals surface area contributed by atoms with Crippen LogP contribution in [0.2, 0.25) is 0 Å². The normalized spacial score (nSPS) is 9.83. The van der Waals surface area contributed by atoms with Crippen LogP contribution in [-0.4, -0.2) is 33.0 Å². The van der Waals surface area contributed by atoms with Crippen molar-refractivity contribution < 1.29 is 19.4 Å². The largest absolute Gasteiger partial charge is 0.477 e. The number of hydrogen-bond acceptors (Lipinski definition) is 4. The highest BCUT2D eigenvalue weighted by atomic mass is 35.5. The van der Waals surface area contributed by atoms with Gasteiger partial charge < -0.3 is 9.84 Å². The number of imidazole rings is 1. The van der Waals surface area contributed by atoms with Gasteiger partial charge >= 0.3 is 11.9 Å². The van der Waals surface area contributed by atoms with Crippen molar-refractivity contribution in [1.29, 1.82) is 0 Å². The SMILES string of the molecule is CCOC(=O)c1ccn2c(C(=O)O)cnc2c1.Cl. The molecule has 0 fully saturated rings. The Bertz CT molecular complexity index is 594. The summed E-state index contributed by atoms with van der Waals surface area (Å²) in [5.74, 6) is -1.52. The summed E-state index contributed by atoms with van der Waals surface area (Å²) in [6.45, 7) is 2.01. The lowest BCUT2D eigenvalue weighted by Crippen LogP contribution is -2.06. The van der Waals surface area contributed by atoms with E-state index in [-0.39, 0.29) is 18.1 Å². The Morgan fingerprint density at radius 3 is 2.83 bits per heavy atom. The average molecular weight is 271 g/mol. The summed E-state index contributed by atoms with van der Waals surface area (Å²) >= 11 is 0. The van der Waals surface area contributed by atoms with E-state index in [0.717, 1.165) is 0 Å². The van der Waals surface area contributed by atoms with Crippen LogP contribution in [0.15, 0.2) is 24.5 Å². The van der Waals surface area contributed by atoms with Crippen LogP contribution in [0, 0.1) is 0 Å². The number of pyridine rings is 1. The van der Waals surface area contributed by atoms with Crippen LogP contribution in [0.1, 0.15) is 27.8 Å². The smallest absolute Gasteiger partial charge is 0.354 e. The Morgan fingerprint density at radius 2 is 2.22 bits per heavy atom. The number of fused-ring (bicyclic) bond motifs is 1. The maximum absolute atomic E-state index is 11.5. The molecule has 0 aliphatic heterocycles. The molecule has 0 saturated carbocycles. The number of carboxylic acid groups (broad SMARTS) is 1. The number of aromatic nitrogens is 2. The Labute approximate surface area is 109 Å². The summed E-state index contributed by atoms with van der Waals surface area (Å²) in [6, 6.07) is 2.99. The molecule has 96 valence electrons. The Morgan fingerprint density at radius 1 is 1.50 bits per heavy atom. The second-order valence-corrected chi connectivity index (χ2v) is 3.31. The molecule has 0 saturated heterocycles. The third kappa shape index (κ3) is 2.43. The van der Waals surface area contributed by atoms with E-state index >= 15 is 0 Å². The summed E-state index contributed by atoms with van der Waals surface area (Å²) in [5, 5.41) is 8.88. The quantitative estimate of drug-likeness (QED) is 0.858. The third-order valence-corrected chi connectivity index (χ3v) is 2.24. The van der Waals surface area contributed by atoms with E-state index < -0.39 is 11.9 Å². The van der Waals surface area contributed by atoms with E-state index in [1.165, 1.54) is 28.9 Å². The molecule has 0 aliphatic carbocycles. The monoisotopic (exact) mass is 270 g/mol. The van der Waals surface area contributed by atoms with Gasteiger partial charge in [0.15, 0.2) is 5.69 Å².